The first-order valence-electron chi connectivity index (χ1n) is 6.81. The fraction of sp³-hybridized carbons (Fsp3) is 0.188. The van der Waals surface area contributed by atoms with Crippen molar-refractivity contribution in [2.75, 3.05) is 12.1 Å². The molecule has 6 heteroatoms. The standard InChI is InChI=1S/C16H15BrN2O3/c1-10-6-12(3-4-13(10)17)19-16(20)18-8-11-2-5-14-15(7-11)22-9-21-14/h2-7H,8-9H2,1H3,(H2,18,19,20). The zero-order chi connectivity index (χ0) is 15.5. The average Bonchev–Trinajstić information content (AvgIpc) is 2.96. The third-order valence-electron chi connectivity index (χ3n) is 3.31. The molecule has 1 heterocycles. The minimum atomic E-state index is -0.251. The number of nitrogens with one attached hydrogen (secondary N) is 2. The van der Waals surface area contributed by atoms with E-state index in [1.54, 1.807) is 0 Å². The van der Waals surface area contributed by atoms with Crippen LogP contribution in [0.15, 0.2) is 40.9 Å². The van der Waals surface area contributed by atoms with Crippen molar-refractivity contribution in [3.05, 3.63) is 52.0 Å². The highest BCUT2D eigenvalue weighted by Gasteiger charge is 2.13. The van der Waals surface area contributed by atoms with E-state index in [1.807, 2.05) is 43.3 Å². The minimum Gasteiger partial charge on any atom is -0.454 e. The van der Waals surface area contributed by atoms with Crippen molar-refractivity contribution < 1.29 is 14.3 Å². The summed E-state index contributed by atoms with van der Waals surface area (Å²) in [6.45, 7) is 2.63. The molecule has 2 amide bonds. The molecule has 5 nitrogen and oxygen atoms in total. The predicted molar refractivity (Wildman–Crippen MR) is 87.3 cm³/mol. The van der Waals surface area contributed by atoms with Crippen molar-refractivity contribution in [2.24, 2.45) is 0 Å². The number of aryl methyl sites for hydroxylation is 1. The number of halogens is 1. The minimum absolute atomic E-state index is 0.246. The Kier molecular flexibility index (Phi) is 4.20. The van der Waals surface area contributed by atoms with Crippen LogP contribution in [-0.4, -0.2) is 12.8 Å². The van der Waals surface area contributed by atoms with Gasteiger partial charge < -0.3 is 20.1 Å². The van der Waals surface area contributed by atoms with Crippen molar-refractivity contribution >= 4 is 27.6 Å². The molecule has 0 saturated carbocycles. The van der Waals surface area contributed by atoms with Crippen molar-refractivity contribution in [3.63, 3.8) is 0 Å². The van der Waals surface area contributed by atoms with E-state index in [9.17, 15) is 4.79 Å². The molecule has 0 saturated heterocycles. The number of fused-ring (bicyclic) bond motifs is 1. The maximum Gasteiger partial charge on any atom is 0.319 e. The van der Waals surface area contributed by atoms with E-state index in [4.69, 9.17) is 9.47 Å². The van der Waals surface area contributed by atoms with Crippen LogP contribution in [0.2, 0.25) is 0 Å². The third kappa shape index (κ3) is 3.33. The van der Waals surface area contributed by atoms with Gasteiger partial charge in [0.2, 0.25) is 6.79 Å². The summed E-state index contributed by atoms with van der Waals surface area (Å²) in [5.41, 5.74) is 2.77. The van der Waals surface area contributed by atoms with Gasteiger partial charge >= 0.3 is 6.03 Å². The Morgan fingerprint density at radius 2 is 2.00 bits per heavy atom. The number of hydrogen-bond acceptors (Lipinski definition) is 3. The topological polar surface area (TPSA) is 59.6 Å². The maximum absolute atomic E-state index is 11.9. The second-order valence-electron chi connectivity index (χ2n) is 4.96. The molecule has 2 aromatic carbocycles. The van der Waals surface area contributed by atoms with Crippen LogP contribution < -0.4 is 20.1 Å². The van der Waals surface area contributed by atoms with E-state index < -0.39 is 0 Å². The van der Waals surface area contributed by atoms with Crippen LogP contribution in [0.3, 0.4) is 0 Å². The smallest absolute Gasteiger partial charge is 0.319 e. The van der Waals surface area contributed by atoms with Crippen LogP contribution >= 0.6 is 15.9 Å². The van der Waals surface area contributed by atoms with Gasteiger partial charge in [-0.05, 0) is 48.4 Å². The number of carbonyl (C=O) groups is 1. The van der Waals surface area contributed by atoms with Gasteiger partial charge in [0.1, 0.15) is 0 Å². The zero-order valence-electron chi connectivity index (χ0n) is 12.0. The van der Waals surface area contributed by atoms with E-state index >= 15 is 0 Å². The van der Waals surface area contributed by atoms with Gasteiger partial charge in [0.05, 0.1) is 0 Å². The molecule has 0 fully saturated rings. The molecule has 0 bridgehead atoms. The summed E-state index contributed by atoms with van der Waals surface area (Å²) in [5.74, 6) is 1.45. The van der Waals surface area contributed by atoms with Crippen molar-refractivity contribution in [2.45, 2.75) is 13.5 Å². The number of carbonyl (C=O) groups excluding carboxylic acids is 1. The Hall–Kier alpha value is -2.21. The van der Waals surface area contributed by atoms with Crippen LogP contribution in [0.4, 0.5) is 10.5 Å². The average molecular weight is 363 g/mol. The Morgan fingerprint density at radius 3 is 2.82 bits per heavy atom. The molecule has 0 unspecified atom stereocenters. The summed E-state index contributed by atoms with van der Waals surface area (Å²) < 4.78 is 11.6. The second-order valence-corrected chi connectivity index (χ2v) is 5.81. The lowest BCUT2D eigenvalue weighted by Gasteiger charge is -2.09. The summed E-state index contributed by atoms with van der Waals surface area (Å²) in [6, 6.07) is 11.0. The molecule has 0 spiro atoms. The third-order valence-corrected chi connectivity index (χ3v) is 4.20. The molecular formula is C16H15BrN2O3. The summed E-state index contributed by atoms with van der Waals surface area (Å²) in [7, 11) is 0. The lowest BCUT2D eigenvalue weighted by Crippen LogP contribution is -2.28. The Morgan fingerprint density at radius 1 is 1.18 bits per heavy atom. The number of ether oxygens (including phenoxy) is 2. The first-order valence-corrected chi connectivity index (χ1v) is 7.60. The van der Waals surface area contributed by atoms with E-state index in [1.165, 1.54) is 0 Å². The van der Waals surface area contributed by atoms with Gasteiger partial charge in [-0.3, -0.25) is 0 Å². The Labute approximate surface area is 136 Å². The highest BCUT2D eigenvalue weighted by Crippen LogP contribution is 2.32. The lowest BCUT2D eigenvalue weighted by molar-refractivity contribution is 0.174. The molecule has 3 rings (SSSR count). The Balaban J connectivity index is 1.57. The van der Waals surface area contributed by atoms with Gasteiger partial charge in [-0.25, -0.2) is 4.79 Å². The number of hydrogen-bond donors (Lipinski definition) is 2. The number of amides is 2. The highest BCUT2D eigenvalue weighted by atomic mass is 79.9. The van der Waals surface area contributed by atoms with Gasteiger partial charge in [-0.1, -0.05) is 22.0 Å². The van der Waals surface area contributed by atoms with Crippen LogP contribution in [-0.2, 0) is 6.54 Å². The predicted octanol–water partition coefficient (Wildman–Crippen LogP) is 3.81. The molecular weight excluding hydrogens is 348 g/mol. The van der Waals surface area contributed by atoms with Crippen molar-refractivity contribution in [1.82, 2.24) is 5.32 Å². The number of benzene rings is 2. The molecule has 1 aliphatic rings. The summed E-state index contributed by atoms with van der Waals surface area (Å²) in [5, 5.41) is 5.62. The summed E-state index contributed by atoms with van der Waals surface area (Å²) in [6.07, 6.45) is 0. The summed E-state index contributed by atoms with van der Waals surface area (Å²) >= 11 is 3.43. The summed E-state index contributed by atoms with van der Waals surface area (Å²) in [4.78, 5) is 11.9. The van der Waals surface area contributed by atoms with Gasteiger partial charge in [0, 0.05) is 16.7 Å². The number of anilines is 1. The first-order chi connectivity index (χ1) is 10.6. The van der Waals surface area contributed by atoms with Crippen LogP contribution in [0.1, 0.15) is 11.1 Å². The largest absolute Gasteiger partial charge is 0.454 e. The molecule has 1 aliphatic heterocycles. The van der Waals surface area contributed by atoms with E-state index in [0.717, 1.165) is 27.0 Å². The molecule has 22 heavy (non-hydrogen) atoms. The van der Waals surface area contributed by atoms with Gasteiger partial charge in [0.25, 0.3) is 0 Å². The molecule has 0 aliphatic carbocycles. The molecule has 0 atom stereocenters. The quantitative estimate of drug-likeness (QED) is 0.872. The highest BCUT2D eigenvalue weighted by molar-refractivity contribution is 9.10. The fourth-order valence-electron chi connectivity index (χ4n) is 2.13. The van der Waals surface area contributed by atoms with Gasteiger partial charge in [0.15, 0.2) is 11.5 Å². The second kappa shape index (κ2) is 6.27. The van der Waals surface area contributed by atoms with Crippen molar-refractivity contribution in [3.8, 4) is 11.5 Å². The van der Waals surface area contributed by atoms with E-state index in [-0.39, 0.29) is 12.8 Å². The first kappa shape index (κ1) is 14.7. The molecule has 2 N–H and O–H groups in total. The normalized spacial score (nSPS) is 12.1. The van der Waals surface area contributed by atoms with Crippen molar-refractivity contribution in [1.29, 1.82) is 0 Å². The SMILES string of the molecule is Cc1cc(NC(=O)NCc2ccc3c(c2)OCO3)ccc1Br. The van der Waals surface area contributed by atoms with Gasteiger partial charge in [-0.15, -0.1) is 0 Å². The zero-order valence-corrected chi connectivity index (χ0v) is 13.6. The number of urea groups is 1. The monoisotopic (exact) mass is 362 g/mol. The van der Waals surface area contributed by atoms with E-state index in [2.05, 4.69) is 26.6 Å². The Bertz CT molecular complexity index is 719. The fourth-order valence-corrected chi connectivity index (χ4v) is 2.38. The lowest BCUT2D eigenvalue weighted by atomic mass is 10.2. The van der Waals surface area contributed by atoms with Crippen LogP contribution in [0.25, 0.3) is 0 Å². The van der Waals surface area contributed by atoms with Gasteiger partial charge in [-0.2, -0.15) is 0 Å². The van der Waals surface area contributed by atoms with E-state index in [0.29, 0.717) is 12.3 Å². The number of rotatable bonds is 3. The molecule has 0 radical (unpaired) electrons. The van der Waals surface area contributed by atoms with Crippen LogP contribution in [0, 0.1) is 6.92 Å². The van der Waals surface area contributed by atoms with Crippen LogP contribution in [0.5, 0.6) is 11.5 Å². The molecule has 114 valence electrons. The maximum atomic E-state index is 11.9. The molecule has 0 aromatic heterocycles. The molecule has 2 aromatic rings.